The standard InChI is InChI=1S/C25H44O7SSi2/c1-17(2)34(18(3)4)30-15-22-14-28-24(25(22)31-35(32-34,19(5)6)20(7)8)16-29-33(26,27)23-12-10-21(9)11-13-23/h10-13,17-20,22,24-25H,14-16H2,1-9H3/t22-,24+,25-/m1/s1. The minimum Gasteiger partial charge on any atom is -0.414 e. The van der Waals surface area contributed by atoms with Crippen LogP contribution in [0.1, 0.15) is 61.0 Å². The molecule has 3 atom stereocenters. The molecule has 0 N–H and O–H groups in total. The van der Waals surface area contributed by atoms with Crippen molar-refractivity contribution < 1.29 is 30.3 Å². The molecule has 0 spiro atoms. The maximum Gasteiger partial charge on any atom is 0.335 e. The van der Waals surface area contributed by atoms with Gasteiger partial charge < -0.3 is 17.7 Å². The van der Waals surface area contributed by atoms with Crippen molar-refractivity contribution in [1.82, 2.24) is 0 Å². The van der Waals surface area contributed by atoms with Gasteiger partial charge in [0.2, 0.25) is 0 Å². The van der Waals surface area contributed by atoms with Crippen molar-refractivity contribution in [3.63, 3.8) is 0 Å². The van der Waals surface area contributed by atoms with Gasteiger partial charge in [-0.2, -0.15) is 8.42 Å². The number of benzene rings is 1. The third kappa shape index (κ3) is 5.79. The number of aryl methyl sites for hydroxylation is 1. The van der Waals surface area contributed by atoms with Crippen molar-refractivity contribution in [1.29, 1.82) is 0 Å². The molecule has 35 heavy (non-hydrogen) atoms. The summed E-state index contributed by atoms with van der Waals surface area (Å²) in [6.45, 7) is 20.2. The van der Waals surface area contributed by atoms with Gasteiger partial charge in [0.15, 0.2) is 0 Å². The van der Waals surface area contributed by atoms with Crippen molar-refractivity contribution in [2.24, 2.45) is 5.92 Å². The molecule has 0 saturated carbocycles. The number of rotatable bonds is 8. The summed E-state index contributed by atoms with van der Waals surface area (Å²) < 4.78 is 58.2. The number of ether oxygens (including phenoxy) is 1. The monoisotopic (exact) mass is 544 g/mol. The van der Waals surface area contributed by atoms with Gasteiger partial charge in [0.25, 0.3) is 10.1 Å². The molecule has 200 valence electrons. The summed E-state index contributed by atoms with van der Waals surface area (Å²) in [5.74, 6) is 0.00308. The lowest BCUT2D eigenvalue weighted by Crippen LogP contribution is -2.65. The molecule has 3 rings (SSSR count). The first kappa shape index (κ1) is 29.0. The topological polar surface area (TPSA) is 80.3 Å². The molecule has 0 amide bonds. The van der Waals surface area contributed by atoms with Crippen LogP contribution in [0.3, 0.4) is 0 Å². The molecule has 2 aliphatic rings. The molecule has 0 unspecified atom stereocenters. The summed E-state index contributed by atoms with van der Waals surface area (Å²) >= 11 is 0. The molecule has 1 aromatic carbocycles. The summed E-state index contributed by atoms with van der Waals surface area (Å²) in [6, 6.07) is 6.65. The zero-order valence-corrected chi connectivity index (χ0v) is 25.6. The van der Waals surface area contributed by atoms with Gasteiger partial charge in [0, 0.05) is 12.5 Å². The molecule has 0 bridgehead atoms. The Balaban J connectivity index is 1.89. The first-order valence-electron chi connectivity index (χ1n) is 12.8. The van der Waals surface area contributed by atoms with E-state index in [1.807, 2.05) is 6.92 Å². The lowest BCUT2D eigenvalue weighted by Gasteiger charge is -2.51. The fraction of sp³-hybridized carbons (Fsp3) is 0.760. The maximum absolute atomic E-state index is 12.8. The average molecular weight is 545 g/mol. The number of fused-ring (bicyclic) bond motifs is 1. The van der Waals surface area contributed by atoms with E-state index in [0.717, 1.165) is 5.56 Å². The normalized spacial score (nSPS) is 26.8. The second-order valence-corrected chi connectivity index (χ2v) is 21.7. The lowest BCUT2D eigenvalue weighted by molar-refractivity contribution is -0.00647. The average Bonchev–Trinajstić information content (AvgIpc) is 3.12. The summed E-state index contributed by atoms with van der Waals surface area (Å²) in [5, 5.41) is 0. The predicted octanol–water partition coefficient (Wildman–Crippen LogP) is 5.67. The van der Waals surface area contributed by atoms with Crippen molar-refractivity contribution in [3.8, 4) is 0 Å². The van der Waals surface area contributed by atoms with E-state index in [-0.39, 0.29) is 45.7 Å². The highest BCUT2D eigenvalue weighted by Crippen LogP contribution is 2.47. The van der Waals surface area contributed by atoms with E-state index in [4.69, 9.17) is 21.9 Å². The molecule has 2 fully saturated rings. The van der Waals surface area contributed by atoms with Crippen LogP contribution in [-0.2, 0) is 32.0 Å². The first-order valence-corrected chi connectivity index (χ1v) is 18.2. The molecule has 1 aromatic rings. The first-order chi connectivity index (χ1) is 16.2. The Hall–Kier alpha value is -0.596. The Bertz CT molecular complexity index is 931. The van der Waals surface area contributed by atoms with Gasteiger partial charge in [0.1, 0.15) is 6.10 Å². The van der Waals surface area contributed by atoms with Gasteiger partial charge in [-0.15, -0.1) is 0 Å². The third-order valence-electron chi connectivity index (χ3n) is 7.43. The van der Waals surface area contributed by atoms with Gasteiger partial charge >= 0.3 is 17.1 Å². The smallest absolute Gasteiger partial charge is 0.335 e. The van der Waals surface area contributed by atoms with Crippen LogP contribution in [0.2, 0.25) is 22.2 Å². The Morgan fingerprint density at radius 3 is 1.94 bits per heavy atom. The van der Waals surface area contributed by atoms with Gasteiger partial charge in [-0.25, -0.2) is 0 Å². The number of hydrogen-bond acceptors (Lipinski definition) is 7. The predicted molar refractivity (Wildman–Crippen MR) is 141 cm³/mol. The number of hydrogen-bond donors (Lipinski definition) is 0. The maximum atomic E-state index is 12.8. The molecule has 7 nitrogen and oxygen atoms in total. The quantitative estimate of drug-likeness (QED) is 0.308. The second kappa shape index (κ2) is 11.0. The van der Waals surface area contributed by atoms with Gasteiger partial charge in [-0.05, 0) is 41.2 Å². The van der Waals surface area contributed by atoms with Crippen molar-refractivity contribution in [2.45, 2.75) is 102 Å². The molecule has 2 aliphatic heterocycles. The van der Waals surface area contributed by atoms with E-state index in [1.165, 1.54) is 0 Å². The van der Waals surface area contributed by atoms with Crippen LogP contribution in [0.25, 0.3) is 0 Å². The van der Waals surface area contributed by atoms with E-state index >= 15 is 0 Å². The van der Waals surface area contributed by atoms with Crippen LogP contribution in [-0.4, -0.2) is 57.6 Å². The Morgan fingerprint density at radius 1 is 0.886 bits per heavy atom. The Morgan fingerprint density at radius 2 is 1.43 bits per heavy atom. The fourth-order valence-corrected chi connectivity index (χ4v) is 17.5. The van der Waals surface area contributed by atoms with Crippen LogP contribution in [0.4, 0.5) is 0 Å². The molecule has 2 heterocycles. The van der Waals surface area contributed by atoms with Crippen LogP contribution < -0.4 is 0 Å². The van der Waals surface area contributed by atoms with E-state index < -0.39 is 33.3 Å². The second-order valence-electron chi connectivity index (χ2n) is 11.2. The molecule has 0 aromatic heterocycles. The highest BCUT2D eigenvalue weighted by molar-refractivity contribution is 7.86. The zero-order chi connectivity index (χ0) is 26.2. The van der Waals surface area contributed by atoms with Gasteiger partial charge in [-0.3, -0.25) is 4.18 Å². The van der Waals surface area contributed by atoms with Crippen LogP contribution in [0.15, 0.2) is 29.2 Å². The highest BCUT2D eigenvalue weighted by atomic mass is 32.2. The molecular weight excluding hydrogens is 501 g/mol. The van der Waals surface area contributed by atoms with E-state index in [2.05, 4.69) is 55.4 Å². The van der Waals surface area contributed by atoms with Crippen molar-refractivity contribution in [3.05, 3.63) is 29.8 Å². The summed E-state index contributed by atoms with van der Waals surface area (Å²) in [5.41, 5.74) is 1.90. The van der Waals surface area contributed by atoms with Crippen molar-refractivity contribution in [2.75, 3.05) is 19.8 Å². The minimum atomic E-state index is -3.90. The van der Waals surface area contributed by atoms with E-state index in [1.54, 1.807) is 24.3 Å². The summed E-state index contributed by atoms with van der Waals surface area (Å²) in [7, 11) is -9.31. The van der Waals surface area contributed by atoms with Crippen LogP contribution in [0, 0.1) is 12.8 Å². The summed E-state index contributed by atoms with van der Waals surface area (Å²) in [6.07, 6.45) is -0.852. The Kier molecular flexibility index (Phi) is 9.12. The molecular formula is C25H44O7SSi2. The molecule has 10 heteroatoms. The molecule has 2 saturated heterocycles. The van der Waals surface area contributed by atoms with Gasteiger partial charge in [-0.1, -0.05) is 73.1 Å². The zero-order valence-electron chi connectivity index (χ0n) is 22.7. The van der Waals surface area contributed by atoms with E-state index in [0.29, 0.717) is 13.2 Å². The fourth-order valence-electron chi connectivity index (χ4n) is 5.29. The molecule has 0 aliphatic carbocycles. The van der Waals surface area contributed by atoms with Crippen molar-refractivity contribution >= 4 is 27.2 Å². The highest BCUT2D eigenvalue weighted by Gasteiger charge is 2.60. The van der Waals surface area contributed by atoms with Gasteiger partial charge in [0.05, 0.1) is 24.2 Å². The minimum absolute atomic E-state index is 0.00308. The third-order valence-corrected chi connectivity index (χ3v) is 19.0. The SMILES string of the molecule is Cc1ccc(S(=O)(=O)OC[C@@H]2OC[C@@H]3CO[Si](C(C)C)(C(C)C)O[Si](C(C)C)(C(C)C)O[C@H]32)cc1. The van der Waals surface area contributed by atoms with E-state index in [9.17, 15) is 8.42 Å². The molecule has 0 radical (unpaired) electrons. The van der Waals surface area contributed by atoms with Crippen LogP contribution >= 0.6 is 0 Å². The lowest BCUT2D eigenvalue weighted by atomic mass is 10.0. The largest absolute Gasteiger partial charge is 0.414 e. The summed E-state index contributed by atoms with van der Waals surface area (Å²) in [4.78, 5) is 0.139. The Labute approximate surface area is 214 Å². The van der Waals surface area contributed by atoms with Crippen LogP contribution in [0.5, 0.6) is 0 Å².